The molecule has 0 fully saturated rings. The highest BCUT2D eigenvalue weighted by atomic mass is 16.3. The number of hydrogen-bond donors (Lipinski definition) is 0. The Bertz CT molecular complexity index is 2660. The van der Waals surface area contributed by atoms with Crippen molar-refractivity contribution >= 4 is 81.8 Å². The number of rotatable bonds is 0. The van der Waals surface area contributed by atoms with Crippen LogP contribution in [-0.2, 0) is 7.05 Å². The van der Waals surface area contributed by atoms with Crippen LogP contribution in [0.5, 0.6) is 0 Å². The maximum atomic E-state index is 6.41. The van der Waals surface area contributed by atoms with Crippen molar-refractivity contribution in [3.63, 3.8) is 0 Å². The Balaban J connectivity index is 1.65. The third kappa shape index (κ3) is 3.25. The van der Waals surface area contributed by atoms with E-state index in [0.717, 1.165) is 33.1 Å². The standard InChI is InChI=1S/C39H27N2O/c1-24-19-38-34-23-32(24)39-40(2)35-15-5-6-16-36(35)41(39)29-12-8-11-28(21-29)31-14-4-3-13-30(31)27-10-7-9-25(20-27)26-17-18-37(42-38)33(34)22-26/h3-23H,1-2H3/q+1. The minimum Gasteiger partial charge on any atom is -0.456 e. The van der Waals surface area contributed by atoms with Crippen LogP contribution in [0.2, 0.25) is 0 Å². The zero-order valence-electron chi connectivity index (χ0n) is 23.4. The minimum atomic E-state index is 0.908. The van der Waals surface area contributed by atoms with E-state index >= 15 is 0 Å². The summed E-state index contributed by atoms with van der Waals surface area (Å²) in [5.74, 6) is 0. The zero-order valence-corrected chi connectivity index (χ0v) is 23.4. The Morgan fingerprint density at radius 1 is 0.524 bits per heavy atom. The highest BCUT2D eigenvalue weighted by molar-refractivity contribution is 6.12. The smallest absolute Gasteiger partial charge is 0.295 e. The first-order chi connectivity index (χ1) is 20.6. The Morgan fingerprint density at radius 2 is 1.21 bits per heavy atom. The van der Waals surface area contributed by atoms with Crippen LogP contribution in [0.3, 0.4) is 0 Å². The monoisotopic (exact) mass is 539 g/mol. The molecule has 42 heavy (non-hydrogen) atoms. The highest BCUT2D eigenvalue weighted by Gasteiger charge is 2.20. The van der Waals surface area contributed by atoms with Crippen molar-refractivity contribution in [3.8, 4) is 0 Å². The van der Waals surface area contributed by atoms with Crippen LogP contribution in [0, 0.1) is 6.92 Å². The second-order valence-electron chi connectivity index (χ2n) is 11.4. The summed E-state index contributed by atoms with van der Waals surface area (Å²) in [7, 11) is 2.17. The minimum absolute atomic E-state index is 0.908. The molecule has 0 aliphatic heterocycles. The van der Waals surface area contributed by atoms with Crippen molar-refractivity contribution in [3.05, 3.63) is 133 Å². The van der Waals surface area contributed by atoms with Gasteiger partial charge in [0.2, 0.25) is 0 Å². The largest absolute Gasteiger partial charge is 0.456 e. The van der Waals surface area contributed by atoms with Crippen molar-refractivity contribution in [2.45, 2.75) is 6.92 Å². The number of furan rings is 1. The normalized spacial score (nSPS) is 12.0. The molecule has 0 radical (unpaired) electrons. The summed E-state index contributed by atoms with van der Waals surface area (Å²) >= 11 is 0. The summed E-state index contributed by atoms with van der Waals surface area (Å²) in [6.45, 7) is 2.19. The van der Waals surface area contributed by atoms with Gasteiger partial charge in [-0.1, -0.05) is 72.8 Å². The molecular formula is C39H27N2O+. The topological polar surface area (TPSA) is 21.4 Å². The summed E-state index contributed by atoms with van der Waals surface area (Å²) in [5, 5.41) is 10.7. The van der Waals surface area contributed by atoms with E-state index in [1.807, 2.05) is 0 Å². The van der Waals surface area contributed by atoms with Gasteiger partial charge in [0.15, 0.2) is 11.0 Å². The predicted molar refractivity (Wildman–Crippen MR) is 176 cm³/mol. The maximum Gasteiger partial charge on any atom is 0.295 e. The van der Waals surface area contributed by atoms with Crippen LogP contribution < -0.4 is 4.57 Å². The van der Waals surface area contributed by atoms with Crippen LogP contribution in [-0.4, -0.2) is 4.40 Å². The van der Waals surface area contributed by atoms with Gasteiger partial charge in [-0.3, -0.25) is 0 Å². The number of hydrogen-bond acceptors (Lipinski definition) is 1. The molecule has 9 rings (SSSR count). The van der Waals surface area contributed by atoms with Crippen LogP contribution in [0.1, 0.15) is 5.56 Å². The molecule has 0 spiro atoms. The van der Waals surface area contributed by atoms with Crippen molar-refractivity contribution in [2.75, 3.05) is 0 Å². The fourth-order valence-electron chi connectivity index (χ4n) is 6.89. The lowest BCUT2D eigenvalue weighted by Crippen LogP contribution is -2.27. The first kappa shape index (κ1) is 23.3. The fourth-order valence-corrected chi connectivity index (χ4v) is 6.89. The second kappa shape index (κ2) is 8.55. The Hall–Kier alpha value is -5.41. The molecule has 8 bridgehead atoms. The molecule has 9 aromatic rings. The quantitative estimate of drug-likeness (QED) is 0.176. The van der Waals surface area contributed by atoms with Crippen molar-refractivity contribution < 1.29 is 8.98 Å². The van der Waals surface area contributed by atoms with Gasteiger partial charge in [0.1, 0.15) is 16.7 Å². The van der Waals surface area contributed by atoms with E-state index in [9.17, 15) is 0 Å². The maximum absolute atomic E-state index is 6.41. The van der Waals surface area contributed by atoms with E-state index in [1.165, 1.54) is 54.3 Å². The van der Waals surface area contributed by atoms with Gasteiger partial charge in [-0.25, -0.2) is 4.57 Å². The summed E-state index contributed by atoms with van der Waals surface area (Å²) in [6.07, 6.45) is 0. The molecule has 0 aliphatic rings. The average Bonchev–Trinajstić information content (AvgIpc) is 3.54. The number of imidazole rings is 1. The van der Waals surface area contributed by atoms with Crippen LogP contribution in [0.15, 0.2) is 132 Å². The number of aryl methyl sites for hydroxylation is 2. The first-order valence-corrected chi connectivity index (χ1v) is 14.4. The summed E-state index contributed by atoms with van der Waals surface area (Å²) < 4.78 is 11.1. The van der Waals surface area contributed by atoms with Gasteiger partial charge in [-0.05, 0) is 99.4 Å². The number of fused-ring (bicyclic) bond motifs is 15. The Morgan fingerprint density at radius 3 is 2.07 bits per heavy atom. The number of aromatic nitrogens is 2. The molecule has 6 aromatic carbocycles. The number of nitrogens with zero attached hydrogens (tertiary/aromatic N) is 2. The van der Waals surface area contributed by atoms with E-state index in [2.05, 4.69) is 150 Å². The van der Waals surface area contributed by atoms with Gasteiger partial charge in [0, 0.05) is 10.8 Å². The highest BCUT2D eigenvalue weighted by Crippen LogP contribution is 2.35. The van der Waals surface area contributed by atoms with Crippen LogP contribution in [0.4, 0.5) is 0 Å². The third-order valence-electron chi connectivity index (χ3n) is 8.92. The van der Waals surface area contributed by atoms with Crippen LogP contribution in [0.25, 0.3) is 81.8 Å². The van der Waals surface area contributed by atoms with Gasteiger partial charge in [0.05, 0.1) is 12.4 Å². The molecule has 0 N–H and O–H groups in total. The lowest BCUT2D eigenvalue weighted by molar-refractivity contribution is -0.617. The van der Waals surface area contributed by atoms with E-state index in [0.29, 0.717) is 0 Å². The van der Waals surface area contributed by atoms with Gasteiger partial charge in [0.25, 0.3) is 5.65 Å². The van der Waals surface area contributed by atoms with E-state index in [1.54, 1.807) is 0 Å². The summed E-state index contributed by atoms with van der Waals surface area (Å²) in [5.41, 5.74) is 7.64. The Labute approximate surface area is 241 Å². The zero-order chi connectivity index (χ0) is 27.9. The molecule has 3 nitrogen and oxygen atoms in total. The average molecular weight is 540 g/mol. The van der Waals surface area contributed by atoms with Gasteiger partial charge < -0.3 is 4.42 Å². The molecule has 3 heterocycles. The molecule has 198 valence electrons. The second-order valence-corrected chi connectivity index (χ2v) is 11.4. The van der Waals surface area contributed by atoms with Crippen molar-refractivity contribution in [1.82, 2.24) is 4.40 Å². The van der Waals surface area contributed by atoms with Gasteiger partial charge >= 0.3 is 0 Å². The number of para-hydroxylation sites is 2. The summed E-state index contributed by atoms with van der Waals surface area (Å²) in [4.78, 5) is 0. The van der Waals surface area contributed by atoms with Crippen molar-refractivity contribution in [1.29, 1.82) is 0 Å². The van der Waals surface area contributed by atoms with E-state index in [-0.39, 0.29) is 0 Å². The third-order valence-corrected chi connectivity index (χ3v) is 8.92. The molecule has 0 saturated heterocycles. The molecule has 3 heteroatoms. The Kier molecular flexibility index (Phi) is 4.74. The first-order valence-electron chi connectivity index (χ1n) is 14.4. The lowest BCUT2D eigenvalue weighted by Gasteiger charge is -2.03. The molecule has 3 aromatic heterocycles. The lowest BCUT2D eigenvalue weighted by atomic mass is 10.0. The van der Waals surface area contributed by atoms with E-state index < -0.39 is 0 Å². The van der Waals surface area contributed by atoms with Gasteiger partial charge in [-0.15, -0.1) is 0 Å². The molecule has 0 unspecified atom stereocenters. The molecule has 0 atom stereocenters. The van der Waals surface area contributed by atoms with E-state index in [4.69, 9.17) is 4.42 Å². The molecule has 0 aliphatic carbocycles. The molecular weight excluding hydrogens is 512 g/mol. The van der Waals surface area contributed by atoms with Crippen LogP contribution >= 0.6 is 0 Å². The van der Waals surface area contributed by atoms with Crippen molar-refractivity contribution in [2.24, 2.45) is 7.05 Å². The SMILES string of the molecule is Cc1cc2oc3ccc4cc3c2cc1c1n(c2cccc(c2)c2ccccc2c2cccc4c2)c2ccccc2[n+]1C. The number of benzene rings is 6. The summed E-state index contributed by atoms with van der Waals surface area (Å²) in [6, 6.07) is 46.4. The fraction of sp³-hybridized carbons (Fsp3) is 0.0513. The molecule has 0 saturated carbocycles. The molecule has 0 amide bonds. The predicted octanol–water partition coefficient (Wildman–Crippen LogP) is 9.86. The van der Waals surface area contributed by atoms with Gasteiger partial charge in [-0.2, -0.15) is 4.40 Å².